The molecular weight excluding hydrogens is 461 g/mol. The van der Waals surface area contributed by atoms with E-state index in [-0.39, 0.29) is 30.1 Å². The van der Waals surface area contributed by atoms with E-state index in [0.29, 0.717) is 37.3 Å². The van der Waals surface area contributed by atoms with E-state index >= 15 is 0 Å². The Balaban J connectivity index is 0.00000364. The number of hydrogen-bond acceptors (Lipinski definition) is 6. The normalized spacial score (nSPS) is 12.4. The number of aryl methyl sites for hydroxylation is 1. The van der Waals surface area contributed by atoms with Gasteiger partial charge < -0.3 is 25.0 Å². The van der Waals surface area contributed by atoms with Crippen LogP contribution >= 0.6 is 24.0 Å². The minimum Gasteiger partial charge on any atom is -0.491 e. The second-order valence-electron chi connectivity index (χ2n) is 6.06. The first-order chi connectivity index (χ1) is 12.5. The van der Waals surface area contributed by atoms with Gasteiger partial charge in [-0.1, -0.05) is 17.3 Å². The van der Waals surface area contributed by atoms with Gasteiger partial charge in [0.25, 0.3) is 0 Å². The van der Waals surface area contributed by atoms with E-state index in [0.717, 1.165) is 11.3 Å². The van der Waals surface area contributed by atoms with Crippen molar-refractivity contribution in [2.24, 2.45) is 4.99 Å². The van der Waals surface area contributed by atoms with Gasteiger partial charge in [0, 0.05) is 20.0 Å². The van der Waals surface area contributed by atoms with Crippen molar-refractivity contribution in [3.63, 3.8) is 0 Å². The quantitative estimate of drug-likeness (QED) is 0.298. The fourth-order valence-corrected chi connectivity index (χ4v) is 2.28. The van der Waals surface area contributed by atoms with Crippen LogP contribution in [0.15, 0.2) is 33.8 Å². The molecular formula is C18H28IN5O3. The Hall–Kier alpha value is -1.88. The first kappa shape index (κ1) is 23.2. The van der Waals surface area contributed by atoms with Gasteiger partial charge in [0.15, 0.2) is 11.8 Å². The summed E-state index contributed by atoms with van der Waals surface area (Å²) in [7, 11) is 0. The second-order valence-corrected chi connectivity index (χ2v) is 6.06. The van der Waals surface area contributed by atoms with Crippen LogP contribution in [-0.2, 0) is 6.54 Å². The number of nitrogens with zero attached hydrogens (tertiary/aromatic N) is 3. The van der Waals surface area contributed by atoms with Gasteiger partial charge in [-0.25, -0.2) is 4.99 Å². The summed E-state index contributed by atoms with van der Waals surface area (Å²) >= 11 is 0. The first-order valence-electron chi connectivity index (χ1n) is 8.74. The van der Waals surface area contributed by atoms with Crippen molar-refractivity contribution in [1.82, 2.24) is 20.8 Å². The highest BCUT2D eigenvalue weighted by molar-refractivity contribution is 14.0. The number of hydrogen-bond donors (Lipinski definition) is 3. The second kappa shape index (κ2) is 11.8. The number of aliphatic imine (C=N–C) groups is 1. The van der Waals surface area contributed by atoms with Crippen molar-refractivity contribution >= 4 is 29.9 Å². The van der Waals surface area contributed by atoms with Crippen LogP contribution in [0.4, 0.5) is 0 Å². The third kappa shape index (κ3) is 8.12. The Morgan fingerprint density at radius 1 is 1.33 bits per heavy atom. The summed E-state index contributed by atoms with van der Waals surface area (Å²) in [4.78, 5) is 8.51. The SMILES string of the molecule is CCNC(=NCc1noc(C)n1)NCC(O)c1cccc(OC(C)C)c1.I. The Morgan fingerprint density at radius 3 is 2.74 bits per heavy atom. The molecule has 1 heterocycles. The van der Waals surface area contributed by atoms with Gasteiger partial charge in [-0.05, 0) is 38.5 Å². The molecule has 150 valence electrons. The molecule has 0 aliphatic carbocycles. The van der Waals surface area contributed by atoms with Crippen molar-refractivity contribution in [3.8, 4) is 5.75 Å². The van der Waals surface area contributed by atoms with Crippen molar-refractivity contribution in [2.45, 2.75) is 46.4 Å². The number of aliphatic hydroxyl groups is 1. The van der Waals surface area contributed by atoms with E-state index in [1.54, 1.807) is 6.92 Å². The number of rotatable bonds is 8. The highest BCUT2D eigenvalue weighted by atomic mass is 127. The molecule has 0 fully saturated rings. The fraction of sp³-hybridized carbons (Fsp3) is 0.500. The van der Waals surface area contributed by atoms with Crippen LogP contribution in [0.1, 0.15) is 44.2 Å². The lowest BCUT2D eigenvalue weighted by atomic mass is 10.1. The van der Waals surface area contributed by atoms with E-state index in [4.69, 9.17) is 9.26 Å². The Morgan fingerprint density at radius 2 is 2.11 bits per heavy atom. The van der Waals surface area contributed by atoms with Crippen LogP contribution in [0.2, 0.25) is 0 Å². The topological polar surface area (TPSA) is 105 Å². The van der Waals surface area contributed by atoms with E-state index < -0.39 is 6.10 Å². The minimum absolute atomic E-state index is 0. The van der Waals surface area contributed by atoms with Crippen molar-refractivity contribution in [3.05, 3.63) is 41.5 Å². The summed E-state index contributed by atoms with van der Waals surface area (Å²) in [6.45, 7) is 8.94. The predicted octanol–water partition coefficient (Wildman–Crippen LogP) is 2.57. The van der Waals surface area contributed by atoms with E-state index in [9.17, 15) is 5.11 Å². The minimum atomic E-state index is -0.693. The smallest absolute Gasteiger partial charge is 0.223 e. The third-order valence-electron chi connectivity index (χ3n) is 3.37. The molecule has 1 unspecified atom stereocenters. The maximum absolute atomic E-state index is 10.4. The molecule has 1 aromatic heterocycles. The summed E-state index contributed by atoms with van der Waals surface area (Å²) in [5.74, 6) is 2.33. The zero-order chi connectivity index (χ0) is 18.9. The van der Waals surface area contributed by atoms with Crippen LogP contribution in [0.25, 0.3) is 0 Å². The van der Waals surface area contributed by atoms with Crippen LogP contribution in [-0.4, -0.2) is 40.4 Å². The van der Waals surface area contributed by atoms with Crippen molar-refractivity contribution in [2.75, 3.05) is 13.1 Å². The molecule has 0 aliphatic heterocycles. The monoisotopic (exact) mass is 489 g/mol. The number of aliphatic hydroxyl groups excluding tert-OH is 1. The van der Waals surface area contributed by atoms with E-state index in [1.807, 2.05) is 45.0 Å². The molecule has 3 N–H and O–H groups in total. The maximum atomic E-state index is 10.4. The van der Waals surface area contributed by atoms with Gasteiger partial charge in [0.2, 0.25) is 5.89 Å². The van der Waals surface area contributed by atoms with Gasteiger partial charge in [0.05, 0.1) is 12.2 Å². The highest BCUT2D eigenvalue weighted by Crippen LogP contribution is 2.19. The standard InChI is InChI=1S/C18H27N5O3.HI/c1-5-19-18(21-11-17-22-13(4)26-23-17)20-10-16(24)14-7-6-8-15(9-14)25-12(2)3;/h6-9,12,16,24H,5,10-11H2,1-4H3,(H2,19,20,21);1H. The van der Waals surface area contributed by atoms with Crippen LogP contribution in [0.5, 0.6) is 5.75 Å². The molecule has 2 aromatic rings. The molecule has 0 bridgehead atoms. The maximum Gasteiger partial charge on any atom is 0.223 e. The summed E-state index contributed by atoms with van der Waals surface area (Å²) in [6.07, 6.45) is -0.608. The first-order valence-corrected chi connectivity index (χ1v) is 8.74. The molecule has 2 rings (SSSR count). The molecule has 0 spiro atoms. The lowest BCUT2D eigenvalue weighted by molar-refractivity contribution is 0.179. The van der Waals surface area contributed by atoms with Crippen molar-refractivity contribution < 1.29 is 14.4 Å². The third-order valence-corrected chi connectivity index (χ3v) is 3.37. The van der Waals surface area contributed by atoms with Gasteiger partial charge in [-0.2, -0.15) is 4.98 Å². The molecule has 27 heavy (non-hydrogen) atoms. The highest BCUT2D eigenvalue weighted by Gasteiger charge is 2.10. The molecule has 0 saturated heterocycles. The summed E-state index contributed by atoms with van der Waals surface area (Å²) in [5, 5.41) is 20.5. The Labute approximate surface area is 176 Å². The number of halogens is 1. The van der Waals surface area contributed by atoms with Gasteiger partial charge in [-0.15, -0.1) is 24.0 Å². The average Bonchev–Trinajstić information content (AvgIpc) is 3.02. The molecule has 0 saturated carbocycles. The summed E-state index contributed by atoms with van der Waals surface area (Å²) < 4.78 is 10.6. The lowest BCUT2D eigenvalue weighted by Crippen LogP contribution is -2.39. The van der Waals surface area contributed by atoms with Crippen LogP contribution in [0.3, 0.4) is 0 Å². The van der Waals surface area contributed by atoms with Crippen LogP contribution in [0, 0.1) is 6.92 Å². The number of ether oxygens (including phenoxy) is 1. The van der Waals surface area contributed by atoms with Crippen molar-refractivity contribution in [1.29, 1.82) is 0 Å². The summed E-state index contributed by atoms with van der Waals surface area (Å²) in [5.41, 5.74) is 0.778. The average molecular weight is 489 g/mol. The molecule has 1 aromatic carbocycles. The summed E-state index contributed by atoms with van der Waals surface area (Å²) in [6, 6.07) is 7.46. The molecule has 1 atom stereocenters. The number of aromatic nitrogens is 2. The number of guanidine groups is 1. The van der Waals surface area contributed by atoms with E-state index in [2.05, 4.69) is 25.8 Å². The van der Waals surface area contributed by atoms with Gasteiger partial charge >= 0.3 is 0 Å². The van der Waals surface area contributed by atoms with Gasteiger partial charge in [0.1, 0.15) is 12.3 Å². The fourth-order valence-electron chi connectivity index (χ4n) is 2.28. The molecule has 8 nitrogen and oxygen atoms in total. The van der Waals surface area contributed by atoms with Gasteiger partial charge in [-0.3, -0.25) is 0 Å². The molecule has 0 amide bonds. The number of benzene rings is 1. The largest absolute Gasteiger partial charge is 0.491 e. The number of nitrogens with one attached hydrogen (secondary N) is 2. The zero-order valence-corrected chi connectivity index (χ0v) is 18.4. The zero-order valence-electron chi connectivity index (χ0n) is 16.1. The predicted molar refractivity (Wildman–Crippen MR) is 114 cm³/mol. The Kier molecular flexibility index (Phi) is 10.1. The molecule has 9 heteroatoms. The molecule has 0 aliphatic rings. The molecule has 0 radical (unpaired) electrons. The van der Waals surface area contributed by atoms with Crippen LogP contribution < -0.4 is 15.4 Å². The lowest BCUT2D eigenvalue weighted by Gasteiger charge is -2.17. The van der Waals surface area contributed by atoms with E-state index in [1.165, 1.54) is 0 Å². The Bertz CT molecular complexity index is 721.